The number of carboxylic acids is 1. The van der Waals surface area contributed by atoms with Gasteiger partial charge in [-0.05, 0) is 43.5 Å². The number of nitrogens with one attached hydrogen (secondary N) is 1. The summed E-state index contributed by atoms with van der Waals surface area (Å²) in [7, 11) is 0. The van der Waals surface area contributed by atoms with Gasteiger partial charge in [0, 0.05) is 12.1 Å². The molecule has 1 aromatic carbocycles. The molecular formula is C14H19N3O6. The van der Waals surface area contributed by atoms with Crippen molar-refractivity contribution >= 4 is 17.7 Å². The first-order valence-electron chi connectivity index (χ1n) is 7.03. The normalized spacial score (nSPS) is 11.5. The average molecular weight is 325 g/mol. The van der Waals surface area contributed by atoms with Crippen LogP contribution in [0.1, 0.15) is 24.8 Å². The van der Waals surface area contributed by atoms with Crippen LogP contribution in [-0.4, -0.2) is 34.7 Å². The van der Waals surface area contributed by atoms with Gasteiger partial charge in [-0.25, -0.2) is 9.59 Å². The van der Waals surface area contributed by atoms with E-state index >= 15 is 0 Å². The van der Waals surface area contributed by atoms with Crippen molar-refractivity contribution in [1.82, 2.24) is 5.32 Å². The summed E-state index contributed by atoms with van der Waals surface area (Å²) >= 11 is 0. The minimum atomic E-state index is -1.14. The van der Waals surface area contributed by atoms with E-state index in [-0.39, 0.29) is 18.7 Å². The molecular weight excluding hydrogens is 306 g/mol. The van der Waals surface area contributed by atoms with Gasteiger partial charge in [0.1, 0.15) is 12.6 Å². The lowest BCUT2D eigenvalue weighted by Crippen LogP contribution is -2.41. The number of nitrogens with two attached hydrogens (primary N) is 1. The molecule has 0 aliphatic heterocycles. The Bertz CT molecular complexity index is 546. The van der Waals surface area contributed by atoms with Crippen molar-refractivity contribution in [2.75, 3.05) is 6.54 Å². The summed E-state index contributed by atoms with van der Waals surface area (Å²) < 4.78 is 4.91. The number of nitro benzene ring substituents is 1. The molecule has 1 atom stereocenters. The number of amides is 1. The van der Waals surface area contributed by atoms with Crippen molar-refractivity contribution in [3.63, 3.8) is 0 Å². The highest BCUT2D eigenvalue weighted by Crippen LogP contribution is 2.12. The first-order valence-corrected chi connectivity index (χ1v) is 7.03. The number of rotatable bonds is 9. The van der Waals surface area contributed by atoms with Crippen LogP contribution < -0.4 is 11.1 Å². The minimum absolute atomic E-state index is 0.0657. The average Bonchev–Trinajstić information content (AvgIpc) is 2.52. The topological polar surface area (TPSA) is 145 Å². The molecule has 0 spiro atoms. The van der Waals surface area contributed by atoms with Crippen LogP contribution in [0.5, 0.6) is 0 Å². The predicted molar refractivity (Wildman–Crippen MR) is 80.7 cm³/mol. The van der Waals surface area contributed by atoms with Crippen LogP contribution in [0.2, 0.25) is 0 Å². The van der Waals surface area contributed by atoms with E-state index < -0.39 is 23.0 Å². The Morgan fingerprint density at radius 2 is 1.96 bits per heavy atom. The second-order valence-electron chi connectivity index (χ2n) is 4.82. The van der Waals surface area contributed by atoms with Crippen molar-refractivity contribution in [2.45, 2.75) is 31.9 Å². The van der Waals surface area contributed by atoms with E-state index in [4.69, 9.17) is 15.6 Å². The highest BCUT2D eigenvalue weighted by Gasteiger charge is 2.20. The zero-order valence-corrected chi connectivity index (χ0v) is 12.4. The molecule has 1 aromatic rings. The number of hydrogen-bond donors (Lipinski definition) is 3. The molecule has 0 bridgehead atoms. The third-order valence-electron chi connectivity index (χ3n) is 3.05. The quantitative estimate of drug-likeness (QED) is 0.353. The summed E-state index contributed by atoms with van der Waals surface area (Å²) in [6, 6.07) is 4.47. The van der Waals surface area contributed by atoms with Gasteiger partial charge in [0.15, 0.2) is 0 Å². The molecule has 4 N–H and O–H groups in total. The maximum absolute atomic E-state index is 11.6. The Hall–Kier alpha value is -2.68. The SMILES string of the molecule is NCCCCC(NC(=O)OCc1ccc([N+](=O)[O-])cc1)C(=O)O. The highest BCUT2D eigenvalue weighted by atomic mass is 16.6. The monoisotopic (exact) mass is 325 g/mol. The maximum Gasteiger partial charge on any atom is 0.408 e. The number of carbonyl (C=O) groups excluding carboxylic acids is 1. The first kappa shape index (κ1) is 18.4. The molecule has 1 rings (SSSR count). The smallest absolute Gasteiger partial charge is 0.408 e. The van der Waals surface area contributed by atoms with Gasteiger partial charge in [-0.2, -0.15) is 0 Å². The van der Waals surface area contributed by atoms with Crippen LogP contribution in [-0.2, 0) is 16.1 Å². The van der Waals surface area contributed by atoms with Gasteiger partial charge in [0.2, 0.25) is 0 Å². The molecule has 1 unspecified atom stereocenters. The number of aliphatic carboxylic acids is 1. The molecule has 23 heavy (non-hydrogen) atoms. The Balaban J connectivity index is 2.45. The Morgan fingerprint density at radius 1 is 1.30 bits per heavy atom. The van der Waals surface area contributed by atoms with Crippen molar-refractivity contribution in [2.24, 2.45) is 5.73 Å². The molecule has 1 amide bonds. The van der Waals surface area contributed by atoms with Crippen LogP contribution in [0.25, 0.3) is 0 Å². The van der Waals surface area contributed by atoms with Crippen LogP contribution in [0, 0.1) is 10.1 Å². The second kappa shape index (κ2) is 9.36. The maximum atomic E-state index is 11.6. The van der Waals surface area contributed by atoms with Crippen LogP contribution in [0.4, 0.5) is 10.5 Å². The van der Waals surface area contributed by atoms with E-state index in [0.717, 1.165) is 0 Å². The highest BCUT2D eigenvalue weighted by molar-refractivity contribution is 5.79. The molecule has 0 radical (unpaired) electrons. The molecule has 126 valence electrons. The van der Waals surface area contributed by atoms with E-state index in [0.29, 0.717) is 24.9 Å². The number of unbranched alkanes of at least 4 members (excludes halogenated alkanes) is 1. The third kappa shape index (κ3) is 6.74. The summed E-state index contributed by atoms with van der Waals surface area (Å²) in [5, 5.41) is 21.8. The van der Waals surface area contributed by atoms with Crippen LogP contribution in [0.15, 0.2) is 24.3 Å². The molecule has 0 saturated carbocycles. The number of alkyl carbamates (subject to hydrolysis) is 1. The van der Waals surface area contributed by atoms with E-state index in [1.807, 2.05) is 0 Å². The number of nitro groups is 1. The number of ether oxygens (including phenoxy) is 1. The number of carbonyl (C=O) groups is 2. The fraction of sp³-hybridized carbons (Fsp3) is 0.429. The molecule has 0 saturated heterocycles. The minimum Gasteiger partial charge on any atom is -0.480 e. The number of hydrogen-bond acceptors (Lipinski definition) is 6. The molecule has 0 heterocycles. The molecule has 0 aromatic heterocycles. The predicted octanol–water partition coefficient (Wildman–Crippen LogP) is 1.40. The third-order valence-corrected chi connectivity index (χ3v) is 3.05. The lowest BCUT2D eigenvalue weighted by molar-refractivity contribution is -0.384. The molecule has 9 heteroatoms. The zero-order chi connectivity index (χ0) is 17.2. The number of non-ortho nitro benzene ring substituents is 1. The van der Waals surface area contributed by atoms with Crippen molar-refractivity contribution < 1.29 is 24.4 Å². The van der Waals surface area contributed by atoms with Gasteiger partial charge in [0.05, 0.1) is 4.92 Å². The Labute approximate surface area is 132 Å². The van der Waals surface area contributed by atoms with Crippen molar-refractivity contribution in [3.8, 4) is 0 Å². The van der Waals surface area contributed by atoms with Gasteiger partial charge in [0.25, 0.3) is 5.69 Å². The number of carboxylic acid groups (broad SMARTS) is 1. The zero-order valence-electron chi connectivity index (χ0n) is 12.4. The fourth-order valence-corrected chi connectivity index (χ4v) is 1.80. The van der Waals surface area contributed by atoms with E-state index in [9.17, 15) is 19.7 Å². The van der Waals surface area contributed by atoms with E-state index in [2.05, 4.69) is 5.32 Å². The summed E-state index contributed by atoms with van der Waals surface area (Å²) in [5.41, 5.74) is 5.82. The van der Waals surface area contributed by atoms with Crippen LogP contribution >= 0.6 is 0 Å². The van der Waals surface area contributed by atoms with Gasteiger partial charge in [-0.3, -0.25) is 10.1 Å². The van der Waals surface area contributed by atoms with E-state index in [1.54, 1.807) is 0 Å². The summed E-state index contributed by atoms with van der Waals surface area (Å²) in [4.78, 5) is 32.6. The molecule has 9 nitrogen and oxygen atoms in total. The first-order chi connectivity index (χ1) is 10.9. The van der Waals surface area contributed by atoms with Gasteiger partial charge < -0.3 is 20.9 Å². The lowest BCUT2D eigenvalue weighted by Gasteiger charge is -2.14. The molecule has 0 aliphatic rings. The summed E-state index contributed by atoms with van der Waals surface area (Å²) in [5.74, 6) is -1.14. The van der Waals surface area contributed by atoms with Crippen molar-refractivity contribution in [1.29, 1.82) is 0 Å². The van der Waals surface area contributed by atoms with Gasteiger partial charge in [-0.1, -0.05) is 0 Å². The summed E-state index contributed by atoms with van der Waals surface area (Å²) in [6.45, 7) is 0.343. The Kier molecular flexibility index (Phi) is 7.48. The number of benzene rings is 1. The number of nitrogens with zero attached hydrogens (tertiary/aromatic N) is 1. The molecule has 0 fully saturated rings. The van der Waals surface area contributed by atoms with Gasteiger partial charge >= 0.3 is 12.1 Å². The Morgan fingerprint density at radius 3 is 2.48 bits per heavy atom. The standard InChI is InChI=1S/C14H19N3O6/c15-8-2-1-3-12(13(18)19)16-14(20)23-9-10-4-6-11(7-5-10)17(21)22/h4-7,12H,1-3,8-9,15H2,(H,16,20)(H,18,19). The van der Waals surface area contributed by atoms with E-state index in [1.165, 1.54) is 24.3 Å². The summed E-state index contributed by atoms with van der Waals surface area (Å²) in [6.07, 6.45) is 0.655. The largest absolute Gasteiger partial charge is 0.480 e. The van der Waals surface area contributed by atoms with Crippen molar-refractivity contribution in [3.05, 3.63) is 39.9 Å². The van der Waals surface area contributed by atoms with Crippen LogP contribution in [0.3, 0.4) is 0 Å². The molecule has 0 aliphatic carbocycles. The second-order valence-corrected chi connectivity index (χ2v) is 4.82. The van der Waals surface area contributed by atoms with Gasteiger partial charge in [-0.15, -0.1) is 0 Å². The fourth-order valence-electron chi connectivity index (χ4n) is 1.80. The lowest BCUT2D eigenvalue weighted by atomic mass is 10.1.